The summed E-state index contributed by atoms with van der Waals surface area (Å²) in [7, 11) is -1.44. The molecule has 0 aromatic heterocycles. The third-order valence-electron chi connectivity index (χ3n) is 3.78. The highest BCUT2D eigenvalue weighted by atomic mass is 35.5. The van der Waals surface area contributed by atoms with Crippen molar-refractivity contribution < 1.29 is 17.6 Å². The Hall–Kier alpha value is -1.34. The van der Waals surface area contributed by atoms with Crippen LogP contribution in [0.2, 0.25) is 5.02 Å². The number of halogens is 2. The van der Waals surface area contributed by atoms with E-state index in [9.17, 15) is 17.6 Å². The van der Waals surface area contributed by atoms with Gasteiger partial charge in [0.1, 0.15) is 11.9 Å². The van der Waals surface area contributed by atoms with E-state index in [-0.39, 0.29) is 28.5 Å². The van der Waals surface area contributed by atoms with E-state index in [4.69, 9.17) is 11.6 Å². The molecule has 1 aromatic rings. The number of rotatable bonds is 4. The van der Waals surface area contributed by atoms with Crippen molar-refractivity contribution in [2.24, 2.45) is 0 Å². The summed E-state index contributed by atoms with van der Waals surface area (Å²) in [5.74, 6) is -0.628. The van der Waals surface area contributed by atoms with E-state index < -0.39 is 21.7 Å². The van der Waals surface area contributed by atoms with Gasteiger partial charge >= 0.3 is 0 Å². The Balaban J connectivity index is 2.01. The summed E-state index contributed by atoms with van der Waals surface area (Å²) in [5.41, 5.74) is 0.527. The van der Waals surface area contributed by atoms with Gasteiger partial charge in [0, 0.05) is 18.8 Å². The number of hydrogen-bond donors (Lipinski definition) is 1. The SMILES string of the molecule is CC(Nc1ccc(F)c(Cl)c1)C(=O)N(C)C1CCS(=O)(=O)C1. The van der Waals surface area contributed by atoms with Gasteiger partial charge in [-0.1, -0.05) is 11.6 Å². The minimum atomic E-state index is -3.04. The number of sulfone groups is 1. The predicted molar refractivity (Wildman–Crippen MR) is 84.3 cm³/mol. The lowest BCUT2D eigenvalue weighted by molar-refractivity contribution is -0.132. The van der Waals surface area contributed by atoms with Gasteiger partial charge in [-0.3, -0.25) is 4.79 Å². The van der Waals surface area contributed by atoms with E-state index in [1.54, 1.807) is 14.0 Å². The molecule has 1 saturated heterocycles. The van der Waals surface area contributed by atoms with E-state index >= 15 is 0 Å². The Bertz CT molecular complexity index is 681. The molecule has 5 nitrogen and oxygen atoms in total. The number of likely N-dealkylation sites (N-methyl/N-ethyl adjacent to an activating group) is 1. The van der Waals surface area contributed by atoms with Crippen molar-refractivity contribution in [2.75, 3.05) is 23.9 Å². The van der Waals surface area contributed by atoms with Crippen LogP contribution in [0.5, 0.6) is 0 Å². The number of benzene rings is 1. The lowest BCUT2D eigenvalue weighted by Crippen LogP contribution is -2.45. The molecule has 2 atom stereocenters. The molecule has 122 valence electrons. The molecule has 1 heterocycles. The zero-order valence-electron chi connectivity index (χ0n) is 12.3. The monoisotopic (exact) mass is 348 g/mol. The molecule has 1 N–H and O–H groups in total. The molecule has 2 rings (SSSR count). The highest BCUT2D eigenvalue weighted by Crippen LogP contribution is 2.21. The van der Waals surface area contributed by atoms with Crippen LogP contribution in [0.3, 0.4) is 0 Å². The Morgan fingerprint density at radius 1 is 1.50 bits per heavy atom. The van der Waals surface area contributed by atoms with Crippen molar-refractivity contribution in [1.29, 1.82) is 0 Å². The summed E-state index contributed by atoms with van der Waals surface area (Å²) in [6, 6.07) is 3.24. The first kappa shape index (κ1) is 17.0. The minimum Gasteiger partial charge on any atom is -0.374 e. The van der Waals surface area contributed by atoms with Crippen LogP contribution < -0.4 is 5.32 Å². The maximum atomic E-state index is 13.1. The van der Waals surface area contributed by atoms with Gasteiger partial charge in [-0.2, -0.15) is 0 Å². The highest BCUT2D eigenvalue weighted by Gasteiger charge is 2.34. The molecule has 2 unspecified atom stereocenters. The van der Waals surface area contributed by atoms with Gasteiger partial charge in [-0.15, -0.1) is 0 Å². The van der Waals surface area contributed by atoms with Crippen LogP contribution in [0.25, 0.3) is 0 Å². The van der Waals surface area contributed by atoms with Gasteiger partial charge in [-0.25, -0.2) is 12.8 Å². The molecule has 1 amide bonds. The van der Waals surface area contributed by atoms with Gasteiger partial charge in [0.25, 0.3) is 0 Å². The fourth-order valence-electron chi connectivity index (χ4n) is 2.46. The third-order valence-corrected chi connectivity index (χ3v) is 5.82. The topological polar surface area (TPSA) is 66.5 Å². The summed E-state index contributed by atoms with van der Waals surface area (Å²) in [5, 5.41) is 2.92. The Kier molecular flexibility index (Phi) is 4.97. The van der Waals surface area contributed by atoms with Crippen molar-refractivity contribution in [2.45, 2.75) is 25.4 Å². The zero-order chi connectivity index (χ0) is 16.5. The van der Waals surface area contributed by atoms with E-state index in [0.717, 1.165) is 0 Å². The normalized spacial score (nSPS) is 21.4. The lowest BCUT2D eigenvalue weighted by atomic mass is 10.2. The van der Waals surface area contributed by atoms with Crippen molar-refractivity contribution in [3.8, 4) is 0 Å². The first-order valence-electron chi connectivity index (χ1n) is 6.88. The smallest absolute Gasteiger partial charge is 0.244 e. The predicted octanol–water partition coefficient (Wildman–Crippen LogP) is 1.92. The highest BCUT2D eigenvalue weighted by molar-refractivity contribution is 7.91. The molecule has 22 heavy (non-hydrogen) atoms. The van der Waals surface area contributed by atoms with Crippen LogP contribution >= 0.6 is 11.6 Å². The zero-order valence-corrected chi connectivity index (χ0v) is 13.9. The summed E-state index contributed by atoms with van der Waals surface area (Å²) >= 11 is 5.70. The minimum absolute atomic E-state index is 0.00430. The number of nitrogens with one attached hydrogen (secondary N) is 1. The molecule has 1 fully saturated rings. The molecular weight excluding hydrogens is 331 g/mol. The van der Waals surface area contributed by atoms with Crippen molar-refractivity contribution >= 4 is 33.0 Å². The summed E-state index contributed by atoms with van der Waals surface area (Å²) in [4.78, 5) is 13.8. The molecule has 1 aromatic carbocycles. The van der Waals surface area contributed by atoms with Crippen LogP contribution in [0.1, 0.15) is 13.3 Å². The van der Waals surface area contributed by atoms with Crippen LogP contribution in [0, 0.1) is 5.82 Å². The standard InChI is InChI=1S/C14H18ClFN2O3S/c1-9(17-10-3-4-13(16)12(15)7-10)14(19)18(2)11-5-6-22(20,21)8-11/h3-4,7,9,11,17H,5-6,8H2,1-2H3. The average Bonchev–Trinajstić information content (AvgIpc) is 2.81. The van der Waals surface area contributed by atoms with Crippen molar-refractivity contribution in [1.82, 2.24) is 4.90 Å². The fraction of sp³-hybridized carbons (Fsp3) is 0.500. The molecule has 1 aliphatic heterocycles. The molecular formula is C14H18ClFN2O3S. The Morgan fingerprint density at radius 3 is 2.73 bits per heavy atom. The Labute approximate surface area is 134 Å². The quantitative estimate of drug-likeness (QED) is 0.902. The maximum absolute atomic E-state index is 13.1. The fourth-order valence-corrected chi connectivity index (χ4v) is 4.42. The van der Waals surface area contributed by atoms with E-state index in [2.05, 4.69) is 5.32 Å². The van der Waals surface area contributed by atoms with Crippen LogP contribution in [-0.4, -0.2) is 49.9 Å². The maximum Gasteiger partial charge on any atom is 0.244 e. The largest absolute Gasteiger partial charge is 0.374 e. The van der Waals surface area contributed by atoms with E-state index in [1.807, 2.05) is 0 Å². The van der Waals surface area contributed by atoms with Gasteiger partial charge < -0.3 is 10.2 Å². The molecule has 1 aliphatic rings. The number of anilines is 1. The van der Waals surface area contributed by atoms with Crippen molar-refractivity contribution in [3.63, 3.8) is 0 Å². The van der Waals surface area contributed by atoms with Crippen molar-refractivity contribution in [3.05, 3.63) is 29.0 Å². The van der Waals surface area contributed by atoms with Crippen LogP contribution in [-0.2, 0) is 14.6 Å². The average molecular weight is 349 g/mol. The number of hydrogen-bond acceptors (Lipinski definition) is 4. The molecule has 8 heteroatoms. The first-order valence-corrected chi connectivity index (χ1v) is 9.08. The van der Waals surface area contributed by atoms with E-state index in [0.29, 0.717) is 12.1 Å². The number of amides is 1. The summed E-state index contributed by atoms with van der Waals surface area (Å²) in [6.07, 6.45) is 0.458. The second-order valence-electron chi connectivity index (χ2n) is 5.50. The van der Waals surface area contributed by atoms with Gasteiger partial charge in [0.05, 0.1) is 16.5 Å². The second-order valence-corrected chi connectivity index (χ2v) is 8.14. The molecule has 0 saturated carbocycles. The summed E-state index contributed by atoms with van der Waals surface area (Å²) < 4.78 is 36.1. The first-order chi connectivity index (χ1) is 10.2. The number of carbonyl (C=O) groups is 1. The van der Waals surface area contributed by atoms with Gasteiger partial charge in [-0.05, 0) is 31.5 Å². The van der Waals surface area contributed by atoms with Crippen LogP contribution in [0.15, 0.2) is 18.2 Å². The number of carbonyl (C=O) groups excluding carboxylic acids is 1. The van der Waals surface area contributed by atoms with Gasteiger partial charge in [0.2, 0.25) is 5.91 Å². The second kappa shape index (κ2) is 6.42. The molecule has 0 aliphatic carbocycles. The number of nitrogens with zero attached hydrogens (tertiary/aromatic N) is 1. The lowest BCUT2D eigenvalue weighted by Gasteiger charge is -2.27. The molecule has 0 bridgehead atoms. The Morgan fingerprint density at radius 2 is 2.18 bits per heavy atom. The summed E-state index contributed by atoms with van der Waals surface area (Å²) in [6.45, 7) is 1.67. The molecule has 0 radical (unpaired) electrons. The third kappa shape index (κ3) is 3.89. The van der Waals surface area contributed by atoms with E-state index in [1.165, 1.54) is 23.1 Å². The van der Waals surface area contributed by atoms with Gasteiger partial charge in [0.15, 0.2) is 9.84 Å². The molecule has 0 spiro atoms. The van der Waals surface area contributed by atoms with Crippen LogP contribution in [0.4, 0.5) is 10.1 Å².